The maximum absolute atomic E-state index is 11.9. The number of benzene rings is 2. The number of nitrogens with zero attached hydrogens (tertiary/aromatic N) is 2. The number of anilines is 1. The minimum Gasteiger partial charge on any atom is -0.423 e. The number of rotatable bonds is 3. The molecular formula is C21H22N2O2. The van der Waals surface area contributed by atoms with Gasteiger partial charge in [0.2, 0.25) is 0 Å². The van der Waals surface area contributed by atoms with E-state index in [9.17, 15) is 4.79 Å². The Balaban J connectivity index is 1.51. The molecule has 0 bridgehead atoms. The van der Waals surface area contributed by atoms with Crippen molar-refractivity contribution in [1.82, 2.24) is 4.90 Å². The fourth-order valence-electron chi connectivity index (χ4n) is 3.52. The van der Waals surface area contributed by atoms with Crippen LogP contribution in [-0.4, -0.2) is 31.1 Å². The van der Waals surface area contributed by atoms with Crippen LogP contribution in [0.25, 0.3) is 11.0 Å². The predicted octanol–water partition coefficient (Wildman–Crippen LogP) is 3.42. The van der Waals surface area contributed by atoms with Crippen molar-refractivity contribution in [2.24, 2.45) is 0 Å². The van der Waals surface area contributed by atoms with Crippen molar-refractivity contribution in [3.05, 3.63) is 76.1 Å². The molecule has 25 heavy (non-hydrogen) atoms. The number of hydrogen-bond acceptors (Lipinski definition) is 4. The van der Waals surface area contributed by atoms with Crippen molar-refractivity contribution in [1.29, 1.82) is 0 Å². The topological polar surface area (TPSA) is 36.7 Å². The number of fused-ring (bicyclic) bond motifs is 1. The van der Waals surface area contributed by atoms with Crippen LogP contribution < -0.4 is 10.5 Å². The van der Waals surface area contributed by atoms with Gasteiger partial charge in [0.25, 0.3) is 0 Å². The summed E-state index contributed by atoms with van der Waals surface area (Å²) < 4.78 is 5.34. The number of hydrogen-bond donors (Lipinski definition) is 0. The van der Waals surface area contributed by atoms with Crippen molar-refractivity contribution < 1.29 is 4.42 Å². The zero-order chi connectivity index (χ0) is 17.2. The van der Waals surface area contributed by atoms with E-state index in [1.165, 1.54) is 11.3 Å². The molecule has 1 fully saturated rings. The van der Waals surface area contributed by atoms with E-state index >= 15 is 0 Å². The van der Waals surface area contributed by atoms with E-state index in [2.05, 4.69) is 47.1 Å². The fourth-order valence-corrected chi connectivity index (χ4v) is 3.52. The summed E-state index contributed by atoms with van der Waals surface area (Å²) in [5.74, 6) is 0. The Hall–Kier alpha value is -2.59. The van der Waals surface area contributed by atoms with E-state index in [0.717, 1.165) is 43.7 Å². The second kappa shape index (κ2) is 6.73. The lowest BCUT2D eigenvalue weighted by Crippen LogP contribution is -2.46. The van der Waals surface area contributed by atoms with Gasteiger partial charge in [0, 0.05) is 49.9 Å². The van der Waals surface area contributed by atoms with Crippen LogP contribution in [0, 0.1) is 6.92 Å². The van der Waals surface area contributed by atoms with Crippen LogP contribution in [0.4, 0.5) is 5.69 Å². The molecule has 4 rings (SSSR count). The van der Waals surface area contributed by atoms with Gasteiger partial charge in [0.15, 0.2) is 0 Å². The molecular weight excluding hydrogens is 312 g/mol. The highest BCUT2D eigenvalue weighted by atomic mass is 16.4. The lowest BCUT2D eigenvalue weighted by Gasteiger charge is -2.36. The van der Waals surface area contributed by atoms with Gasteiger partial charge in [-0.15, -0.1) is 0 Å². The van der Waals surface area contributed by atoms with Gasteiger partial charge >= 0.3 is 5.63 Å². The summed E-state index contributed by atoms with van der Waals surface area (Å²) in [6.07, 6.45) is 0. The third-order valence-corrected chi connectivity index (χ3v) is 4.87. The molecule has 0 aliphatic carbocycles. The maximum Gasteiger partial charge on any atom is 0.336 e. The molecule has 128 valence electrons. The summed E-state index contributed by atoms with van der Waals surface area (Å²) in [5, 5.41) is 1.05. The van der Waals surface area contributed by atoms with Crippen LogP contribution in [0.15, 0.2) is 63.8 Å². The van der Waals surface area contributed by atoms with Crippen molar-refractivity contribution in [3.8, 4) is 0 Å². The first-order chi connectivity index (χ1) is 12.2. The molecule has 0 saturated carbocycles. The third-order valence-electron chi connectivity index (χ3n) is 4.87. The summed E-state index contributed by atoms with van der Waals surface area (Å²) in [6, 6.07) is 18.2. The average Bonchev–Trinajstić information content (AvgIpc) is 2.64. The van der Waals surface area contributed by atoms with Gasteiger partial charge in [-0.3, -0.25) is 4.90 Å². The normalized spacial score (nSPS) is 15.6. The Morgan fingerprint density at radius 2 is 1.72 bits per heavy atom. The number of para-hydroxylation sites is 1. The summed E-state index contributed by atoms with van der Waals surface area (Å²) >= 11 is 0. The Kier molecular flexibility index (Phi) is 4.28. The lowest BCUT2D eigenvalue weighted by molar-refractivity contribution is 0.250. The summed E-state index contributed by atoms with van der Waals surface area (Å²) in [7, 11) is 0. The highest BCUT2D eigenvalue weighted by Gasteiger charge is 2.18. The van der Waals surface area contributed by atoms with Crippen LogP contribution in [-0.2, 0) is 6.54 Å². The van der Waals surface area contributed by atoms with Crippen LogP contribution in [0.3, 0.4) is 0 Å². The SMILES string of the molecule is Cc1ccc2oc(=O)cc(CN3CCN(c4ccccc4)CC3)c2c1. The average molecular weight is 334 g/mol. The van der Waals surface area contributed by atoms with Crippen LogP contribution >= 0.6 is 0 Å². The maximum atomic E-state index is 11.9. The van der Waals surface area contributed by atoms with Gasteiger partial charge in [-0.25, -0.2) is 4.79 Å². The predicted molar refractivity (Wildman–Crippen MR) is 101 cm³/mol. The highest BCUT2D eigenvalue weighted by Crippen LogP contribution is 2.21. The first-order valence-corrected chi connectivity index (χ1v) is 8.75. The van der Waals surface area contributed by atoms with Crippen LogP contribution in [0.5, 0.6) is 0 Å². The molecule has 0 radical (unpaired) electrons. The molecule has 0 spiro atoms. The van der Waals surface area contributed by atoms with Gasteiger partial charge in [-0.2, -0.15) is 0 Å². The number of aryl methyl sites for hydroxylation is 1. The Labute approximate surface area is 147 Å². The number of piperazine rings is 1. The van der Waals surface area contributed by atoms with Crippen LogP contribution in [0.2, 0.25) is 0 Å². The molecule has 4 heteroatoms. The smallest absolute Gasteiger partial charge is 0.336 e. The molecule has 2 heterocycles. The van der Waals surface area contributed by atoms with E-state index in [4.69, 9.17) is 4.42 Å². The summed E-state index contributed by atoms with van der Waals surface area (Å²) in [4.78, 5) is 16.7. The monoisotopic (exact) mass is 334 g/mol. The van der Waals surface area contributed by atoms with E-state index in [-0.39, 0.29) is 5.63 Å². The van der Waals surface area contributed by atoms with Crippen molar-refractivity contribution >= 4 is 16.7 Å². The van der Waals surface area contributed by atoms with E-state index < -0.39 is 0 Å². The Bertz CT molecular complexity index is 926. The van der Waals surface area contributed by atoms with Crippen molar-refractivity contribution in [2.45, 2.75) is 13.5 Å². The molecule has 4 nitrogen and oxygen atoms in total. The zero-order valence-electron chi connectivity index (χ0n) is 14.4. The molecule has 0 amide bonds. The highest BCUT2D eigenvalue weighted by molar-refractivity contribution is 5.80. The molecule has 1 saturated heterocycles. The molecule has 0 N–H and O–H groups in total. The van der Waals surface area contributed by atoms with Gasteiger partial charge < -0.3 is 9.32 Å². The minimum absolute atomic E-state index is 0.269. The quantitative estimate of drug-likeness (QED) is 0.688. The summed E-state index contributed by atoms with van der Waals surface area (Å²) in [6.45, 7) is 6.83. The van der Waals surface area contributed by atoms with E-state index in [0.29, 0.717) is 5.58 Å². The van der Waals surface area contributed by atoms with Crippen molar-refractivity contribution in [2.75, 3.05) is 31.1 Å². The second-order valence-electron chi connectivity index (χ2n) is 6.69. The molecule has 1 aliphatic rings. The first-order valence-electron chi connectivity index (χ1n) is 8.75. The Morgan fingerprint density at radius 1 is 0.960 bits per heavy atom. The first kappa shape index (κ1) is 15.9. The largest absolute Gasteiger partial charge is 0.423 e. The van der Waals surface area contributed by atoms with E-state index in [1.54, 1.807) is 6.07 Å². The van der Waals surface area contributed by atoms with Gasteiger partial charge in [0.05, 0.1) is 0 Å². The standard InChI is InChI=1S/C21H22N2O2/c1-16-7-8-20-19(13-16)17(14-21(24)25-20)15-22-9-11-23(12-10-22)18-5-3-2-4-6-18/h2-8,13-14H,9-12,15H2,1H3. The van der Waals surface area contributed by atoms with Crippen LogP contribution in [0.1, 0.15) is 11.1 Å². The molecule has 0 atom stereocenters. The molecule has 0 unspecified atom stereocenters. The van der Waals surface area contributed by atoms with Crippen molar-refractivity contribution in [3.63, 3.8) is 0 Å². The zero-order valence-corrected chi connectivity index (χ0v) is 14.4. The molecule has 2 aromatic carbocycles. The second-order valence-corrected chi connectivity index (χ2v) is 6.69. The van der Waals surface area contributed by atoms with Gasteiger partial charge in [-0.1, -0.05) is 29.8 Å². The third kappa shape index (κ3) is 3.44. The molecule has 1 aliphatic heterocycles. The van der Waals surface area contributed by atoms with Gasteiger partial charge in [-0.05, 0) is 36.8 Å². The minimum atomic E-state index is -0.269. The van der Waals surface area contributed by atoms with E-state index in [1.807, 2.05) is 18.2 Å². The molecule has 1 aromatic heterocycles. The summed E-state index contributed by atoms with van der Waals surface area (Å²) in [5.41, 5.74) is 3.92. The fraction of sp³-hybridized carbons (Fsp3) is 0.286. The lowest BCUT2D eigenvalue weighted by atomic mass is 10.1. The Morgan fingerprint density at radius 3 is 2.48 bits per heavy atom. The molecule has 3 aromatic rings. The van der Waals surface area contributed by atoms with Gasteiger partial charge in [0.1, 0.15) is 5.58 Å².